The molecular weight excluding hydrogens is 350 g/mol. The van der Waals surface area contributed by atoms with Gasteiger partial charge in [-0.3, -0.25) is 0 Å². The minimum absolute atomic E-state index is 1.07. The average molecular weight is 373 g/mol. The largest absolute Gasteiger partial charge is 0.355 e. The standard InChI is InChI=1S/C28H23N/c1-3-9-23(10-4-1)15-16-25-18-21-27(22-19-25)29-28-14-8-7-13-26(28)20-17-24-11-5-2-6-12-24/h1-22,29H. The van der Waals surface area contributed by atoms with E-state index in [9.17, 15) is 0 Å². The molecule has 0 bridgehead atoms. The molecule has 0 fully saturated rings. The lowest BCUT2D eigenvalue weighted by atomic mass is 10.1. The molecule has 4 rings (SSSR count). The van der Waals surface area contributed by atoms with Crippen LogP contribution in [0.4, 0.5) is 11.4 Å². The van der Waals surface area contributed by atoms with Crippen molar-refractivity contribution in [2.24, 2.45) is 0 Å². The molecule has 0 unspecified atom stereocenters. The van der Waals surface area contributed by atoms with Gasteiger partial charge in [0.1, 0.15) is 0 Å². The Kier molecular flexibility index (Phi) is 5.99. The predicted octanol–water partition coefficient (Wildman–Crippen LogP) is 7.77. The van der Waals surface area contributed by atoms with E-state index in [2.05, 4.69) is 127 Å². The molecule has 1 N–H and O–H groups in total. The highest BCUT2D eigenvalue weighted by Crippen LogP contribution is 2.23. The Bertz CT molecular complexity index is 1090. The van der Waals surface area contributed by atoms with Crippen LogP contribution >= 0.6 is 0 Å². The van der Waals surface area contributed by atoms with Gasteiger partial charge in [-0.15, -0.1) is 0 Å². The lowest BCUT2D eigenvalue weighted by molar-refractivity contribution is 1.52. The third kappa shape index (κ3) is 5.33. The van der Waals surface area contributed by atoms with Crippen LogP contribution < -0.4 is 5.32 Å². The van der Waals surface area contributed by atoms with Gasteiger partial charge in [0.05, 0.1) is 0 Å². The van der Waals surface area contributed by atoms with Crippen LogP contribution in [0, 0.1) is 0 Å². The van der Waals surface area contributed by atoms with E-state index in [4.69, 9.17) is 0 Å². The Morgan fingerprint density at radius 2 is 0.897 bits per heavy atom. The van der Waals surface area contributed by atoms with E-state index in [-0.39, 0.29) is 0 Å². The lowest BCUT2D eigenvalue weighted by Gasteiger charge is -2.10. The van der Waals surface area contributed by atoms with Gasteiger partial charge in [-0.25, -0.2) is 0 Å². The smallest absolute Gasteiger partial charge is 0.0457 e. The fraction of sp³-hybridized carbons (Fsp3) is 0. The molecule has 4 aromatic rings. The van der Waals surface area contributed by atoms with Crippen LogP contribution in [0.2, 0.25) is 0 Å². The fourth-order valence-corrected chi connectivity index (χ4v) is 3.10. The van der Waals surface area contributed by atoms with Crippen molar-refractivity contribution in [1.82, 2.24) is 0 Å². The summed E-state index contributed by atoms with van der Waals surface area (Å²) >= 11 is 0. The van der Waals surface area contributed by atoms with Crippen LogP contribution in [0.25, 0.3) is 24.3 Å². The topological polar surface area (TPSA) is 12.0 Å². The molecule has 0 saturated heterocycles. The Balaban J connectivity index is 1.47. The first kappa shape index (κ1) is 18.5. The van der Waals surface area contributed by atoms with Gasteiger partial charge < -0.3 is 5.32 Å². The Labute approximate surface area is 172 Å². The van der Waals surface area contributed by atoms with Crippen molar-refractivity contribution in [3.63, 3.8) is 0 Å². The van der Waals surface area contributed by atoms with Crippen LogP contribution in [0.15, 0.2) is 109 Å². The summed E-state index contributed by atoms with van der Waals surface area (Å²) in [6, 6.07) is 37.5. The molecule has 140 valence electrons. The number of hydrogen-bond acceptors (Lipinski definition) is 1. The van der Waals surface area contributed by atoms with E-state index in [0.29, 0.717) is 0 Å². The van der Waals surface area contributed by atoms with Crippen molar-refractivity contribution in [2.45, 2.75) is 0 Å². The van der Waals surface area contributed by atoms with Crippen molar-refractivity contribution >= 4 is 35.7 Å². The second-order valence-corrected chi connectivity index (χ2v) is 6.82. The van der Waals surface area contributed by atoms with Crippen molar-refractivity contribution in [2.75, 3.05) is 5.32 Å². The second kappa shape index (κ2) is 9.38. The van der Waals surface area contributed by atoms with Gasteiger partial charge in [0, 0.05) is 11.4 Å². The zero-order valence-corrected chi connectivity index (χ0v) is 16.2. The molecule has 0 radical (unpaired) electrons. The molecule has 0 aliphatic carbocycles. The van der Waals surface area contributed by atoms with E-state index in [1.807, 2.05) is 12.1 Å². The normalized spacial score (nSPS) is 11.2. The molecule has 1 heteroatoms. The average Bonchev–Trinajstić information content (AvgIpc) is 2.79. The second-order valence-electron chi connectivity index (χ2n) is 6.82. The summed E-state index contributed by atoms with van der Waals surface area (Å²) in [6.45, 7) is 0. The van der Waals surface area contributed by atoms with Crippen LogP contribution in [-0.4, -0.2) is 0 Å². The highest BCUT2D eigenvalue weighted by Gasteiger charge is 2.00. The molecular formula is C28H23N. The summed E-state index contributed by atoms with van der Waals surface area (Å²) < 4.78 is 0. The molecule has 0 spiro atoms. The van der Waals surface area contributed by atoms with E-state index < -0.39 is 0 Å². The number of nitrogens with one attached hydrogen (secondary N) is 1. The lowest BCUT2D eigenvalue weighted by Crippen LogP contribution is -1.92. The maximum Gasteiger partial charge on any atom is 0.0457 e. The SMILES string of the molecule is C(=Cc1ccc(Nc2ccccc2C=Cc2ccccc2)cc1)c1ccccc1. The van der Waals surface area contributed by atoms with Gasteiger partial charge in [0.25, 0.3) is 0 Å². The number of para-hydroxylation sites is 1. The summed E-state index contributed by atoms with van der Waals surface area (Å²) in [6.07, 6.45) is 8.55. The highest BCUT2D eigenvalue weighted by molar-refractivity contribution is 5.79. The number of rotatable bonds is 6. The van der Waals surface area contributed by atoms with Crippen molar-refractivity contribution in [3.05, 3.63) is 131 Å². The fourth-order valence-electron chi connectivity index (χ4n) is 3.10. The van der Waals surface area contributed by atoms with Crippen molar-refractivity contribution < 1.29 is 0 Å². The van der Waals surface area contributed by atoms with Crippen molar-refractivity contribution in [1.29, 1.82) is 0 Å². The molecule has 0 aliphatic heterocycles. The summed E-state index contributed by atoms with van der Waals surface area (Å²) in [5.74, 6) is 0. The predicted molar refractivity (Wildman–Crippen MR) is 127 cm³/mol. The van der Waals surface area contributed by atoms with Crippen LogP contribution in [0.5, 0.6) is 0 Å². The summed E-state index contributed by atoms with van der Waals surface area (Å²) in [4.78, 5) is 0. The maximum absolute atomic E-state index is 3.53. The van der Waals surface area contributed by atoms with Gasteiger partial charge in [0.15, 0.2) is 0 Å². The molecule has 4 aromatic carbocycles. The van der Waals surface area contributed by atoms with Gasteiger partial charge in [-0.2, -0.15) is 0 Å². The van der Waals surface area contributed by atoms with E-state index >= 15 is 0 Å². The highest BCUT2D eigenvalue weighted by atomic mass is 14.9. The molecule has 0 heterocycles. The Hall–Kier alpha value is -3.84. The van der Waals surface area contributed by atoms with Crippen LogP contribution in [0.3, 0.4) is 0 Å². The zero-order chi connectivity index (χ0) is 19.7. The van der Waals surface area contributed by atoms with Gasteiger partial charge in [-0.05, 0) is 40.5 Å². The first-order chi connectivity index (χ1) is 14.4. The first-order valence-electron chi connectivity index (χ1n) is 9.79. The summed E-state index contributed by atoms with van der Waals surface area (Å²) in [7, 11) is 0. The van der Waals surface area contributed by atoms with Gasteiger partial charge in [-0.1, -0.05) is 115 Å². The van der Waals surface area contributed by atoms with E-state index in [1.54, 1.807) is 0 Å². The summed E-state index contributed by atoms with van der Waals surface area (Å²) in [5, 5.41) is 3.53. The number of anilines is 2. The minimum atomic E-state index is 1.07. The third-order valence-electron chi connectivity index (χ3n) is 4.67. The van der Waals surface area contributed by atoms with Gasteiger partial charge >= 0.3 is 0 Å². The van der Waals surface area contributed by atoms with E-state index in [1.165, 1.54) is 16.7 Å². The molecule has 29 heavy (non-hydrogen) atoms. The molecule has 0 saturated carbocycles. The maximum atomic E-state index is 3.53. The molecule has 0 amide bonds. The van der Waals surface area contributed by atoms with E-state index in [0.717, 1.165) is 16.9 Å². The minimum Gasteiger partial charge on any atom is -0.355 e. The van der Waals surface area contributed by atoms with Crippen LogP contribution in [-0.2, 0) is 0 Å². The molecule has 1 nitrogen and oxygen atoms in total. The zero-order valence-electron chi connectivity index (χ0n) is 16.2. The number of hydrogen-bond donors (Lipinski definition) is 1. The third-order valence-corrected chi connectivity index (χ3v) is 4.67. The molecule has 0 aromatic heterocycles. The van der Waals surface area contributed by atoms with Crippen molar-refractivity contribution in [3.8, 4) is 0 Å². The molecule has 0 atom stereocenters. The van der Waals surface area contributed by atoms with Crippen LogP contribution in [0.1, 0.15) is 22.3 Å². The number of benzene rings is 4. The Morgan fingerprint density at radius 3 is 1.52 bits per heavy atom. The first-order valence-corrected chi connectivity index (χ1v) is 9.79. The summed E-state index contributed by atoms with van der Waals surface area (Å²) in [5.41, 5.74) is 6.89. The van der Waals surface area contributed by atoms with Gasteiger partial charge in [0.2, 0.25) is 0 Å². The monoisotopic (exact) mass is 373 g/mol. The quantitative estimate of drug-likeness (QED) is 0.340. The Morgan fingerprint density at radius 1 is 0.414 bits per heavy atom. The molecule has 0 aliphatic rings.